The van der Waals surface area contributed by atoms with Crippen molar-refractivity contribution in [2.75, 3.05) is 0 Å². The monoisotopic (exact) mass is 394 g/mol. The van der Waals surface area contributed by atoms with Crippen LogP contribution >= 0.6 is 11.6 Å². The highest BCUT2D eigenvalue weighted by atomic mass is 35.5. The average Bonchev–Trinajstić information content (AvgIpc) is 2.63. The quantitative estimate of drug-likeness (QED) is 0.719. The highest BCUT2D eigenvalue weighted by Crippen LogP contribution is 2.32. The Morgan fingerprint density at radius 1 is 1.07 bits per heavy atom. The van der Waals surface area contributed by atoms with E-state index in [-0.39, 0.29) is 28.7 Å². The summed E-state index contributed by atoms with van der Waals surface area (Å²) in [4.78, 5) is 15.5. The first-order valence-electron chi connectivity index (χ1n) is 7.39. The minimum atomic E-state index is -4.53. The third-order valence-electron chi connectivity index (χ3n) is 3.36. The predicted molar refractivity (Wildman–Crippen MR) is 90.3 cm³/mol. The molecule has 1 amide bonds. The maximum atomic E-state index is 12.9. The molecule has 27 heavy (non-hydrogen) atoms. The third kappa shape index (κ3) is 4.32. The number of benzene rings is 2. The molecule has 0 aliphatic heterocycles. The van der Waals surface area contributed by atoms with Crippen LogP contribution in [0, 0.1) is 0 Å². The largest absolute Gasteiger partial charge is 0.437 e. The second-order valence-corrected chi connectivity index (χ2v) is 5.72. The van der Waals surface area contributed by atoms with Gasteiger partial charge < -0.3 is 10.5 Å². The van der Waals surface area contributed by atoms with Gasteiger partial charge in [-0.3, -0.25) is 4.79 Å². The Kier molecular flexibility index (Phi) is 4.95. The van der Waals surface area contributed by atoms with Gasteiger partial charge in [-0.15, -0.1) is 10.2 Å². The van der Waals surface area contributed by atoms with Crippen molar-refractivity contribution in [2.24, 2.45) is 5.73 Å². The van der Waals surface area contributed by atoms with E-state index in [1.807, 2.05) is 0 Å². The number of aromatic nitrogens is 3. The molecule has 1 aromatic heterocycles. The van der Waals surface area contributed by atoms with Gasteiger partial charge in [0.2, 0.25) is 5.69 Å². The molecule has 0 radical (unpaired) electrons. The topological polar surface area (TPSA) is 91.0 Å². The molecule has 2 N–H and O–H groups in total. The fourth-order valence-electron chi connectivity index (χ4n) is 2.11. The summed E-state index contributed by atoms with van der Waals surface area (Å²) in [6.45, 7) is 0. The third-order valence-corrected chi connectivity index (χ3v) is 3.62. The van der Waals surface area contributed by atoms with Crippen LogP contribution in [-0.2, 0) is 6.18 Å². The van der Waals surface area contributed by atoms with Gasteiger partial charge in [0.05, 0.1) is 5.56 Å². The Labute approximate surface area is 155 Å². The minimum absolute atomic E-state index is 0.0503. The molecule has 0 saturated carbocycles. The second kappa shape index (κ2) is 7.20. The van der Waals surface area contributed by atoms with Crippen molar-refractivity contribution < 1.29 is 22.7 Å². The molecule has 6 nitrogen and oxygen atoms in total. The lowest BCUT2D eigenvalue weighted by Crippen LogP contribution is -2.16. The van der Waals surface area contributed by atoms with Crippen LogP contribution in [0.25, 0.3) is 11.4 Å². The van der Waals surface area contributed by atoms with Crippen LogP contribution in [0.2, 0.25) is 5.02 Å². The lowest BCUT2D eigenvalue weighted by Gasteiger charge is -2.10. The van der Waals surface area contributed by atoms with Crippen LogP contribution in [0.4, 0.5) is 13.2 Å². The molecule has 3 rings (SSSR count). The van der Waals surface area contributed by atoms with E-state index in [1.54, 1.807) is 12.1 Å². The van der Waals surface area contributed by atoms with Gasteiger partial charge in [0.15, 0.2) is 5.82 Å². The van der Waals surface area contributed by atoms with E-state index in [0.29, 0.717) is 5.02 Å². The van der Waals surface area contributed by atoms with Crippen LogP contribution in [0.1, 0.15) is 16.1 Å². The number of nitrogens with zero attached hydrogens (tertiary/aromatic N) is 3. The zero-order chi connectivity index (χ0) is 19.6. The molecule has 0 aliphatic carbocycles. The summed E-state index contributed by atoms with van der Waals surface area (Å²) in [5.74, 6) is -1.12. The van der Waals surface area contributed by atoms with Crippen molar-refractivity contribution >= 4 is 17.5 Å². The van der Waals surface area contributed by atoms with E-state index in [9.17, 15) is 18.0 Å². The molecule has 0 spiro atoms. The first kappa shape index (κ1) is 18.6. The molecule has 1 heterocycles. The Hall–Kier alpha value is -3.20. The molecule has 10 heteroatoms. The lowest BCUT2D eigenvalue weighted by molar-refractivity contribution is -0.137. The average molecular weight is 395 g/mol. The first-order valence-corrected chi connectivity index (χ1v) is 7.77. The number of hydrogen-bond acceptors (Lipinski definition) is 5. The molecule has 0 saturated heterocycles. The number of carbonyl (C=O) groups excluding carboxylic acids is 1. The van der Waals surface area contributed by atoms with Gasteiger partial charge in [-0.1, -0.05) is 23.7 Å². The highest BCUT2D eigenvalue weighted by molar-refractivity contribution is 6.30. The maximum Gasteiger partial charge on any atom is 0.416 e. The van der Waals surface area contributed by atoms with Crippen molar-refractivity contribution in [3.63, 3.8) is 0 Å². The van der Waals surface area contributed by atoms with E-state index in [4.69, 9.17) is 22.1 Å². The van der Waals surface area contributed by atoms with E-state index in [1.165, 1.54) is 24.3 Å². The number of nitrogens with two attached hydrogens (primary N) is 1. The number of rotatable bonds is 4. The van der Waals surface area contributed by atoms with E-state index >= 15 is 0 Å². The Bertz CT molecular complexity index is 994. The number of amides is 1. The zero-order valence-corrected chi connectivity index (χ0v) is 14.1. The maximum absolute atomic E-state index is 12.9. The molecule has 0 fully saturated rings. The number of halogens is 4. The van der Waals surface area contributed by atoms with Crippen LogP contribution in [0.15, 0.2) is 48.5 Å². The van der Waals surface area contributed by atoms with Gasteiger partial charge in [-0.2, -0.15) is 18.2 Å². The van der Waals surface area contributed by atoms with Crippen molar-refractivity contribution in [1.29, 1.82) is 0 Å². The molecule has 138 valence electrons. The Balaban J connectivity index is 2.03. The normalized spacial score (nSPS) is 11.3. The molecular weight excluding hydrogens is 385 g/mol. The number of alkyl halides is 3. The number of carbonyl (C=O) groups is 1. The van der Waals surface area contributed by atoms with Crippen LogP contribution in [-0.4, -0.2) is 21.1 Å². The highest BCUT2D eigenvalue weighted by Gasteiger charge is 2.30. The molecule has 3 aromatic rings. The summed E-state index contributed by atoms with van der Waals surface area (Å²) in [7, 11) is 0. The fraction of sp³-hybridized carbons (Fsp3) is 0.0588. The van der Waals surface area contributed by atoms with Crippen LogP contribution in [0.5, 0.6) is 11.6 Å². The predicted octanol–water partition coefficient (Wildman–Crippen LogP) is 4.10. The minimum Gasteiger partial charge on any atom is -0.437 e. The fourth-order valence-corrected chi connectivity index (χ4v) is 2.23. The summed E-state index contributed by atoms with van der Waals surface area (Å²) in [6, 6.07) is 10.5. The van der Waals surface area contributed by atoms with Gasteiger partial charge >= 0.3 is 6.18 Å². The van der Waals surface area contributed by atoms with E-state index in [2.05, 4.69) is 15.2 Å². The van der Waals surface area contributed by atoms with Crippen molar-refractivity contribution in [3.05, 3.63) is 64.8 Å². The zero-order valence-electron chi connectivity index (χ0n) is 13.4. The standard InChI is InChI=1S/C17H10ClF3N4O2/c18-11-4-6-12(7-5-11)27-16-13(14(22)26)24-25-15(23-16)9-2-1-3-10(8-9)17(19,20)21/h1-8H,(H2,22,26). The summed E-state index contributed by atoms with van der Waals surface area (Å²) >= 11 is 5.79. The number of hydrogen-bond donors (Lipinski definition) is 1. The summed E-state index contributed by atoms with van der Waals surface area (Å²) < 4.78 is 44.2. The van der Waals surface area contributed by atoms with Gasteiger partial charge in [0, 0.05) is 10.6 Å². The SMILES string of the molecule is NC(=O)c1nnc(-c2cccc(C(F)(F)F)c2)nc1Oc1ccc(Cl)cc1. The first-order chi connectivity index (χ1) is 12.7. The smallest absolute Gasteiger partial charge is 0.416 e. The molecule has 0 atom stereocenters. The second-order valence-electron chi connectivity index (χ2n) is 5.29. The van der Waals surface area contributed by atoms with Crippen LogP contribution < -0.4 is 10.5 Å². The van der Waals surface area contributed by atoms with Crippen molar-refractivity contribution in [2.45, 2.75) is 6.18 Å². The summed E-state index contributed by atoms with van der Waals surface area (Å²) in [5.41, 5.74) is 4.05. The van der Waals surface area contributed by atoms with Gasteiger partial charge in [-0.25, -0.2) is 0 Å². The Morgan fingerprint density at radius 3 is 2.41 bits per heavy atom. The molecular formula is C17H10ClF3N4O2. The number of ether oxygens (including phenoxy) is 1. The number of primary amides is 1. The molecule has 0 aliphatic rings. The van der Waals surface area contributed by atoms with Crippen LogP contribution in [0.3, 0.4) is 0 Å². The van der Waals surface area contributed by atoms with E-state index < -0.39 is 17.6 Å². The summed E-state index contributed by atoms with van der Waals surface area (Å²) in [5, 5.41) is 7.78. The lowest BCUT2D eigenvalue weighted by atomic mass is 10.1. The van der Waals surface area contributed by atoms with Gasteiger partial charge in [0.1, 0.15) is 5.75 Å². The molecule has 2 aromatic carbocycles. The summed E-state index contributed by atoms with van der Waals surface area (Å²) in [6.07, 6.45) is -4.53. The molecule has 0 unspecified atom stereocenters. The van der Waals surface area contributed by atoms with Gasteiger partial charge in [-0.05, 0) is 36.4 Å². The van der Waals surface area contributed by atoms with Gasteiger partial charge in [0.25, 0.3) is 11.8 Å². The molecule has 0 bridgehead atoms. The van der Waals surface area contributed by atoms with Crippen molar-refractivity contribution in [3.8, 4) is 23.0 Å². The van der Waals surface area contributed by atoms with E-state index in [0.717, 1.165) is 12.1 Å². The van der Waals surface area contributed by atoms with Crippen molar-refractivity contribution in [1.82, 2.24) is 15.2 Å². The Morgan fingerprint density at radius 2 is 1.78 bits per heavy atom.